The van der Waals surface area contributed by atoms with Crippen molar-refractivity contribution in [1.82, 2.24) is 25.3 Å². The number of nitrogens with zero attached hydrogens (tertiary/aromatic N) is 5. The van der Waals surface area contributed by atoms with Crippen LogP contribution in [0.3, 0.4) is 0 Å². The molecule has 134 valence electrons. The van der Waals surface area contributed by atoms with Crippen LogP contribution in [0.4, 0.5) is 5.82 Å². The number of carbonyl (C=O) groups excluding carboxylic acids is 1. The van der Waals surface area contributed by atoms with E-state index < -0.39 is 0 Å². The molecule has 1 amide bonds. The second-order valence-electron chi connectivity index (χ2n) is 5.92. The van der Waals surface area contributed by atoms with Crippen molar-refractivity contribution in [2.45, 2.75) is 13.3 Å². The highest BCUT2D eigenvalue weighted by atomic mass is 16.3. The minimum atomic E-state index is -0.285. The zero-order chi connectivity index (χ0) is 18.5. The third-order valence-corrected chi connectivity index (χ3v) is 3.74. The minimum absolute atomic E-state index is 0.232. The maximum Gasteiger partial charge on any atom is 0.289 e. The number of oxazole rings is 1. The fraction of sp³-hybridized carbons (Fsp3) is 0.278. The fourth-order valence-corrected chi connectivity index (χ4v) is 2.35. The van der Waals surface area contributed by atoms with E-state index in [-0.39, 0.29) is 11.7 Å². The zero-order valence-corrected chi connectivity index (χ0v) is 14.9. The van der Waals surface area contributed by atoms with Crippen molar-refractivity contribution >= 4 is 11.7 Å². The van der Waals surface area contributed by atoms with E-state index in [4.69, 9.17) is 4.42 Å². The molecule has 1 N–H and O–H groups in total. The molecule has 3 heterocycles. The summed E-state index contributed by atoms with van der Waals surface area (Å²) in [7, 11) is 3.84. The first-order valence-corrected chi connectivity index (χ1v) is 8.19. The summed E-state index contributed by atoms with van der Waals surface area (Å²) in [6.45, 7) is 2.15. The van der Waals surface area contributed by atoms with Crippen molar-refractivity contribution in [3.05, 3.63) is 54.0 Å². The predicted octanol–water partition coefficient (Wildman–Crippen LogP) is 1.87. The largest absolute Gasteiger partial charge is 0.438 e. The molecule has 0 spiro atoms. The lowest BCUT2D eigenvalue weighted by molar-refractivity contribution is 0.0925. The van der Waals surface area contributed by atoms with Gasteiger partial charge in [0.25, 0.3) is 5.91 Å². The molecule has 8 nitrogen and oxygen atoms in total. The van der Waals surface area contributed by atoms with Gasteiger partial charge >= 0.3 is 0 Å². The van der Waals surface area contributed by atoms with Crippen molar-refractivity contribution in [3.63, 3.8) is 0 Å². The van der Waals surface area contributed by atoms with Crippen molar-refractivity contribution in [2.24, 2.45) is 0 Å². The number of pyridine rings is 1. The Kier molecular flexibility index (Phi) is 5.21. The molecule has 0 saturated heterocycles. The predicted molar refractivity (Wildman–Crippen MR) is 96.9 cm³/mol. The van der Waals surface area contributed by atoms with Gasteiger partial charge in [-0.1, -0.05) is 6.07 Å². The summed E-state index contributed by atoms with van der Waals surface area (Å²) in [5, 5.41) is 2.82. The monoisotopic (exact) mass is 352 g/mol. The van der Waals surface area contributed by atoms with Gasteiger partial charge < -0.3 is 14.6 Å². The first-order valence-electron chi connectivity index (χ1n) is 8.19. The van der Waals surface area contributed by atoms with Crippen LogP contribution in [0, 0.1) is 6.92 Å². The van der Waals surface area contributed by atoms with Crippen molar-refractivity contribution in [2.75, 3.05) is 25.5 Å². The van der Waals surface area contributed by atoms with Crippen LogP contribution in [-0.2, 0) is 6.42 Å². The summed E-state index contributed by atoms with van der Waals surface area (Å²) < 4.78 is 5.09. The number of hydrogen-bond donors (Lipinski definition) is 1. The molecule has 3 rings (SSSR count). The molecular weight excluding hydrogens is 332 g/mol. The van der Waals surface area contributed by atoms with E-state index in [1.165, 1.54) is 6.39 Å². The Morgan fingerprint density at radius 1 is 1.23 bits per heavy atom. The third-order valence-electron chi connectivity index (χ3n) is 3.74. The summed E-state index contributed by atoms with van der Waals surface area (Å²) in [4.78, 5) is 31.3. The lowest BCUT2D eigenvalue weighted by Gasteiger charge is -2.14. The molecule has 3 aromatic heterocycles. The molecule has 3 aromatic rings. The van der Waals surface area contributed by atoms with Gasteiger partial charge in [-0.25, -0.2) is 15.0 Å². The lowest BCUT2D eigenvalue weighted by atomic mass is 10.2. The highest BCUT2D eigenvalue weighted by Gasteiger charge is 2.14. The third kappa shape index (κ3) is 4.02. The van der Waals surface area contributed by atoms with Crippen LogP contribution >= 0.6 is 0 Å². The molecular formula is C18H20N6O2. The van der Waals surface area contributed by atoms with Crippen molar-refractivity contribution in [1.29, 1.82) is 0 Å². The number of rotatable bonds is 6. The summed E-state index contributed by atoms with van der Waals surface area (Å²) in [6, 6.07) is 7.51. The van der Waals surface area contributed by atoms with Gasteiger partial charge in [0.1, 0.15) is 11.5 Å². The molecule has 0 bridgehead atoms. The molecule has 8 heteroatoms. The van der Waals surface area contributed by atoms with Crippen LogP contribution in [0.15, 0.2) is 41.3 Å². The number of carbonyl (C=O) groups is 1. The maximum atomic E-state index is 12.1. The lowest BCUT2D eigenvalue weighted by Crippen LogP contribution is -2.26. The Labute approximate surface area is 151 Å². The van der Waals surface area contributed by atoms with Crippen LogP contribution in [0.2, 0.25) is 0 Å². The van der Waals surface area contributed by atoms with Crippen LogP contribution < -0.4 is 10.2 Å². The van der Waals surface area contributed by atoms with Gasteiger partial charge in [-0.2, -0.15) is 0 Å². The summed E-state index contributed by atoms with van der Waals surface area (Å²) in [6.07, 6.45) is 3.53. The standard InChI is InChI=1S/C18H20N6O2/c1-12-16(26-11-21-12)18(25)20-9-7-13-10-15(24(2)3)23-17(22-13)14-6-4-5-8-19-14/h4-6,8,10-11H,7,9H2,1-3H3,(H,20,25). The summed E-state index contributed by atoms with van der Waals surface area (Å²) >= 11 is 0. The van der Waals surface area contributed by atoms with Gasteiger partial charge in [-0.05, 0) is 19.1 Å². The number of aromatic nitrogens is 4. The Morgan fingerprint density at radius 3 is 2.73 bits per heavy atom. The molecule has 0 aliphatic carbocycles. The smallest absolute Gasteiger partial charge is 0.289 e. The average molecular weight is 352 g/mol. The van der Waals surface area contributed by atoms with E-state index in [0.717, 1.165) is 11.5 Å². The van der Waals surface area contributed by atoms with E-state index in [9.17, 15) is 4.79 Å². The Balaban J connectivity index is 1.74. The van der Waals surface area contributed by atoms with Crippen molar-refractivity contribution < 1.29 is 9.21 Å². The topological polar surface area (TPSA) is 97.0 Å². The maximum absolute atomic E-state index is 12.1. The first kappa shape index (κ1) is 17.5. The Hall–Kier alpha value is -3.29. The van der Waals surface area contributed by atoms with E-state index in [1.807, 2.05) is 43.3 Å². The Morgan fingerprint density at radius 2 is 2.08 bits per heavy atom. The van der Waals surface area contributed by atoms with Gasteiger partial charge in [0.2, 0.25) is 5.76 Å². The van der Waals surface area contributed by atoms with Crippen LogP contribution in [0.25, 0.3) is 11.5 Å². The van der Waals surface area contributed by atoms with E-state index in [1.54, 1.807) is 13.1 Å². The molecule has 0 aliphatic heterocycles. The molecule has 0 saturated carbocycles. The second-order valence-corrected chi connectivity index (χ2v) is 5.92. The number of hydrogen-bond acceptors (Lipinski definition) is 7. The van der Waals surface area contributed by atoms with Gasteiger partial charge in [-0.15, -0.1) is 0 Å². The molecule has 0 fully saturated rings. The van der Waals surface area contributed by atoms with Crippen LogP contribution in [0.5, 0.6) is 0 Å². The average Bonchev–Trinajstić information content (AvgIpc) is 3.08. The quantitative estimate of drug-likeness (QED) is 0.723. The normalized spacial score (nSPS) is 10.6. The van der Waals surface area contributed by atoms with Gasteiger partial charge in [0.05, 0.1) is 5.69 Å². The summed E-state index contributed by atoms with van der Waals surface area (Å²) in [5.74, 6) is 1.29. The van der Waals surface area contributed by atoms with Gasteiger partial charge in [-0.3, -0.25) is 9.78 Å². The van der Waals surface area contributed by atoms with Crippen LogP contribution in [-0.4, -0.2) is 46.5 Å². The number of amides is 1. The van der Waals surface area contributed by atoms with Gasteiger partial charge in [0.15, 0.2) is 12.2 Å². The number of nitrogens with one attached hydrogen (secondary N) is 1. The van der Waals surface area contributed by atoms with Crippen molar-refractivity contribution in [3.8, 4) is 11.5 Å². The number of anilines is 1. The fourth-order valence-electron chi connectivity index (χ4n) is 2.35. The molecule has 0 unspecified atom stereocenters. The number of aryl methyl sites for hydroxylation is 1. The molecule has 0 radical (unpaired) electrons. The second kappa shape index (κ2) is 7.73. The molecule has 26 heavy (non-hydrogen) atoms. The van der Waals surface area contributed by atoms with Gasteiger partial charge in [0, 0.05) is 45.0 Å². The van der Waals surface area contributed by atoms with Crippen LogP contribution in [0.1, 0.15) is 21.9 Å². The highest BCUT2D eigenvalue weighted by molar-refractivity contribution is 5.92. The first-order chi connectivity index (χ1) is 12.5. The molecule has 0 aliphatic rings. The van der Waals surface area contributed by atoms with E-state index >= 15 is 0 Å². The SMILES string of the molecule is Cc1ncoc1C(=O)NCCc1cc(N(C)C)nc(-c2ccccn2)n1. The minimum Gasteiger partial charge on any atom is -0.438 e. The Bertz CT molecular complexity index is 892. The van der Waals surface area contributed by atoms with E-state index in [0.29, 0.717) is 30.2 Å². The molecule has 0 aromatic carbocycles. The van der Waals surface area contributed by atoms with E-state index in [2.05, 4.69) is 25.3 Å². The zero-order valence-electron chi connectivity index (χ0n) is 14.9. The molecule has 0 atom stereocenters. The highest BCUT2D eigenvalue weighted by Crippen LogP contribution is 2.17. The summed E-state index contributed by atoms with van der Waals surface area (Å²) in [5.41, 5.74) is 2.09.